The fourth-order valence-electron chi connectivity index (χ4n) is 3.90. The Morgan fingerprint density at radius 3 is 2.11 bits per heavy atom. The van der Waals surface area contributed by atoms with Crippen molar-refractivity contribution < 1.29 is 18.0 Å². The Morgan fingerprint density at radius 2 is 1.47 bits per heavy atom. The zero-order valence-electron chi connectivity index (χ0n) is 21.7. The number of nitrogens with one attached hydrogen (secondary N) is 1. The minimum absolute atomic E-state index is 0.0128. The summed E-state index contributed by atoms with van der Waals surface area (Å²) in [5, 5.41) is 3.61. The van der Waals surface area contributed by atoms with Gasteiger partial charge in [0.25, 0.3) is 10.0 Å². The first-order valence-corrected chi connectivity index (χ1v) is 14.3. The summed E-state index contributed by atoms with van der Waals surface area (Å²) in [6.45, 7) is 6.39. The van der Waals surface area contributed by atoms with Crippen LogP contribution in [0.15, 0.2) is 77.7 Å². The fourth-order valence-corrected chi connectivity index (χ4v) is 5.75. The van der Waals surface area contributed by atoms with Crippen molar-refractivity contribution in [2.45, 2.75) is 51.2 Å². The monoisotopic (exact) mass is 575 g/mol. The van der Waals surface area contributed by atoms with Gasteiger partial charge in [-0.1, -0.05) is 65.7 Å². The number of carbonyl (C=O) groups excluding carboxylic acids is 2. The maximum atomic E-state index is 13.9. The van der Waals surface area contributed by atoms with E-state index in [9.17, 15) is 18.0 Å². The fraction of sp³-hybridized carbons (Fsp3) is 0.286. The molecule has 3 aromatic carbocycles. The molecule has 7 nitrogen and oxygen atoms in total. The number of sulfonamides is 1. The third-order valence-electron chi connectivity index (χ3n) is 6.01. The van der Waals surface area contributed by atoms with E-state index in [1.165, 1.54) is 17.0 Å². The molecule has 38 heavy (non-hydrogen) atoms. The molecule has 3 aromatic rings. The zero-order valence-corrected chi connectivity index (χ0v) is 24.0. The van der Waals surface area contributed by atoms with Crippen LogP contribution >= 0.6 is 23.2 Å². The quantitative estimate of drug-likeness (QED) is 0.348. The number of hydrogen-bond acceptors (Lipinski definition) is 4. The van der Waals surface area contributed by atoms with Crippen LogP contribution in [-0.2, 0) is 26.2 Å². The molecular weight excluding hydrogens is 545 g/mol. The molecule has 1 atom stereocenters. The van der Waals surface area contributed by atoms with Crippen molar-refractivity contribution >= 4 is 50.7 Å². The highest BCUT2D eigenvalue weighted by molar-refractivity contribution is 7.92. The van der Waals surface area contributed by atoms with Crippen molar-refractivity contribution in [2.75, 3.05) is 10.8 Å². The standard InChI is InChI=1S/C28H31Cl2N3O4S/c1-19(2)31-28(35)21(4)32(17-22-11-8-9-14-25(22)30)27(34)18-33(26-16-10-15-24(29)20(26)3)38(36,37)23-12-6-5-7-13-23/h5-16,19,21H,17-18H2,1-4H3,(H,31,35)/t21-/m1/s1. The van der Waals surface area contributed by atoms with Gasteiger partial charge < -0.3 is 10.2 Å². The number of anilines is 1. The second-order valence-corrected chi connectivity index (χ2v) is 11.8. The highest BCUT2D eigenvalue weighted by Gasteiger charge is 2.33. The summed E-state index contributed by atoms with van der Waals surface area (Å²) in [6, 6.07) is 18.7. The normalized spacial score (nSPS) is 12.2. The lowest BCUT2D eigenvalue weighted by Crippen LogP contribution is -2.52. The van der Waals surface area contributed by atoms with Crippen LogP contribution in [0, 0.1) is 6.92 Å². The number of halogens is 2. The lowest BCUT2D eigenvalue weighted by atomic mass is 10.1. The number of nitrogens with zero attached hydrogens (tertiary/aromatic N) is 2. The Morgan fingerprint density at radius 1 is 0.868 bits per heavy atom. The SMILES string of the molecule is Cc1c(Cl)cccc1N(CC(=O)N(Cc1ccccc1Cl)[C@H](C)C(=O)NC(C)C)S(=O)(=O)c1ccccc1. The average molecular weight is 577 g/mol. The molecule has 0 aromatic heterocycles. The highest BCUT2D eigenvalue weighted by Crippen LogP contribution is 2.31. The van der Waals surface area contributed by atoms with Gasteiger partial charge in [-0.2, -0.15) is 0 Å². The van der Waals surface area contributed by atoms with Gasteiger partial charge in [-0.25, -0.2) is 8.42 Å². The molecule has 10 heteroatoms. The third kappa shape index (κ3) is 6.87. The van der Waals surface area contributed by atoms with Gasteiger partial charge >= 0.3 is 0 Å². The van der Waals surface area contributed by atoms with Gasteiger partial charge in [0.2, 0.25) is 11.8 Å². The molecule has 202 valence electrons. The van der Waals surface area contributed by atoms with Crippen molar-refractivity contribution in [2.24, 2.45) is 0 Å². The van der Waals surface area contributed by atoms with Crippen LogP contribution in [0.4, 0.5) is 5.69 Å². The Balaban J connectivity index is 2.08. The number of hydrogen-bond donors (Lipinski definition) is 1. The van der Waals surface area contributed by atoms with Crippen LogP contribution in [0.5, 0.6) is 0 Å². The van der Waals surface area contributed by atoms with E-state index in [1.807, 2.05) is 13.8 Å². The van der Waals surface area contributed by atoms with Crippen molar-refractivity contribution in [1.29, 1.82) is 0 Å². The second-order valence-electron chi connectivity index (χ2n) is 9.16. The first-order valence-electron chi connectivity index (χ1n) is 12.1. The summed E-state index contributed by atoms with van der Waals surface area (Å²) in [6.07, 6.45) is 0. The number of amides is 2. The maximum Gasteiger partial charge on any atom is 0.264 e. The minimum atomic E-state index is -4.17. The Kier molecular flexibility index (Phi) is 9.82. The van der Waals surface area contributed by atoms with Crippen LogP contribution in [0.1, 0.15) is 31.9 Å². The Bertz CT molecular complexity index is 1400. The van der Waals surface area contributed by atoms with Gasteiger partial charge in [0.15, 0.2) is 0 Å². The summed E-state index contributed by atoms with van der Waals surface area (Å²) in [4.78, 5) is 28.2. The van der Waals surface area contributed by atoms with E-state index in [1.54, 1.807) is 74.5 Å². The lowest BCUT2D eigenvalue weighted by Gasteiger charge is -2.33. The summed E-state index contributed by atoms with van der Waals surface area (Å²) in [5.74, 6) is -0.938. The molecule has 0 saturated carbocycles. The Hall–Kier alpha value is -3.07. The lowest BCUT2D eigenvalue weighted by molar-refractivity contribution is -0.139. The van der Waals surface area contributed by atoms with Crippen molar-refractivity contribution in [1.82, 2.24) is 10.2 Å². The topological polar surface area (TPSA) is 86.8 Å². The first kappa shape index (κ1) is 29.5. The van der Waals surface area contributed by atoms with Gasteiger partial charge in [0, 0.05) is 22.6 Å². The molecule has 0 radical (unpaired) electrons. The van der Waals surface area contributed by atoms with Gasteiger partial charge in [-0.3, -0.25) is 13.9 Å². The van der Waals surface area contributed by atoms with E-state index < -0.39 is 28.5 Å². The molecule has 2 amide bonds. The summed E-state index contributed by atoms with van der Waals surface area (Å²) in [7, 11) is -4.17. The molecule has 0 unspecified atom stereocenters. The van der Waals surface area contributed by atoms with Crippen molar-refractivity contribution in [3.05, 3.63) is 94.0 Å². The van der Waals surface area contributed by atoms with Crippen LogP contribution in [0.3, 0.4) is 0 Å². The van der Waals surface area contributed by atoms with Gasteiger partial charge in [0.1, 0.15) is 12.6 Å². The van der Waals surface area contributed by atoms with E-state index in [0.717, 1.165) is 4.31 Å². The van der Waals surface area contributed by atoms with E-state index in [2.05, 4.69) is 5.32 Å². The second kappa shape index (κ2) is 12.7. The zero-order chi connectivity index (χ0) is 28.0. The molecule has 0 bridgehead atoms. The third-order valence-corrected chi connectivity index (χ3v) is 8.57. The van der Waals surface area contributed by atoms with Gasteiger partial charge in [-0.05, 0) is 69.2 Å². The molecule has 0 heterocycles. The Labute approximate surface area is 234 Å². The maximum absolute atomic E-state index is 13.9. The minimum Gasteiger partial charge on any atom is -0.352 e. The molecule has 0 saturated heterocycles. The predicted octanol–water partition coefficient (Wildman–Crippen LogP) is 5.44. The number of benzene rings is 3. The average Bonchev–Trinajstić information content (AvgIpc) is 2.88. The van der Waals surface area contributed by atoms with E-state index >= 15 is 0 Å². The van der Waals surface area contributed by atoms with E-state index in [4.69, 9.17) is 23.2 Å². The molecule has 3 rings (SSSR count). The summed E-state index contributed by atoms with van der Waals surface area (Å²) < 4.78 is 28.7. The first-order chi connectivity index (χ1) is 17.9. The predicted molar refractivity (Wildman–Crippen MR) is 152 cm³/mol. The summed E-state index contributed by atoms with van der Waals surface area (Å²) >= 11 is 12.7. The molecule has 0 aliphatic rings. The summed E-state index contributed by atoms with van der Waals surface area (Å²) in [5.41, 5.74) is 1.40. The largest absolute Gasteiger partial charge is 0.352 e. The van der Waals surface area contributed by atoms with E-state index in [-0.39, 0.29) is 29.1 Å². The van der Waals surface area contributed by atoms with Crippen molar-refractivity contribution in [3.8, 4) is 0 Å². The van der Waals surface area contributed by atoms with Crippen molar-refractivity contribution in [3.63, 3.8) is 0 Å². The van der Waals surface area contributed by atoms with Crippen LogP contribution < -0.4 is 9.62 Å². The number of carbonyl (C=O) groups is 2. The highest BCUT2D eigenvalue weighted by atomic mass is 35.5. The smallest absolute Gasteiger partial charge is 0.264 e. The number of rotatable bonds is 10. The van der Waals surface area contributed by atoms with Crippen LogP contribution in [0.2, 0.25) is 10.0 Å². The molecule has 1 N–H and O–H groups in total. The molecule has 0 aliphatic heterocycles. The molecule has 0 aliphatic carbocycles. The van der Waals surface area contributed by atoms with Gasteiger partial charge in [0.05, 0.1) is 10.6 Å². The van der Waals surface area contributed by atoms with Crippen LogP contribution in [-0.4, -0.2) is 43.8 Å². The molecular formula is C28H31Cl2N3O4S. The van der Waals surface area contributed by atoms with Crippen LogP contribution in [0.25, 0.3) is 0 Å². The van der Waals surface area contributed by atoms with Gasteiger partial charge in [-0.15, -0.1) is 0 Å². The molecule has 0 fully saturated rings. The molecule has 0 spiro atoms. The van der Waals surface area contributed by atoms with E-state index in [0.29, 0.717) is 21.2 Å².